The lowest BCUT2D eigenvalue weighted by Crippen LogP contribution is -1.98. The van der Waals surface area contributed by atoms with Gasteiger partial charge in [-0.25, -0.2) is 9.59 Å². The lowest BCUT2D eigenvalue weighted by Gasteiger charge is -1.91. The van der Waals surface area contributed by atoms with E-state index in [2.05, 4.69) is 19.7 Å². The fourth-order valence-electron chi connectivity index (χ4n) is 0. The molecule has 0 saturated heterocycles. The SMILES string of the molecule is C=C.C=CC(F)(F)F.O=C(O)O.O=C(O)O. The Morgan fingerprint density at radius 2 is 1.00 bits per heavy atom. The first-order valence-corrected chi connectivity index (χ1v) is 3.07. The Morgan fingerprint density at radius 1 is 0.938 bits per heavy atom. The van der Waals surface area contributed by atoms with Crippen molar-refractivity contribution < 1.29 is 43.2 Å². The molecule has 0 spiro atoms. The van der Waals surface area contributed by atoms with E-state index >= 15 is 0 Å². The average molecular weight is 248 g/mol. The third-order valence-corrected chi connectivity index (χ3v) is 0.231. The van der Waals surface area contributed by atoms with Crippen LogP contribution in [0.5, 0.6) is 0 Å². The van der Waals surface area contributed by atoms with Crippen LogP contribution >= 0.6 is 0 Å². The van der Waals surface area contributed by atoms with Gasteiger partial charge in [0.25, 0.3) is 0 Å². The molecule has 0 aromatic heterocycles. The Hall–Kier alpha value is -2.19. The van der Waals surface area contributed by atoms with Crippen LogP contribution in [0.25, 0.3) is 0 Å². The lowest BCUT2D eigenvalue weighted by molar-refractivity contribution is -0.0795. The van der Waals surface area contributed by atoms with Crippen LogP contribution in [0.15, 0.2) is 25.8 Å². The summed E-state index contributed by atoms with van der Waals surface area (Å²) in [5.74, 6) is 0. The van der Waals surface area contributed by atoms with Gasteiger partial charge in [-0.05, 0) is 0 Å². The zero-order valence-electron chi connectivity index (χ0n) is 7.94. The number of halogens is 3. The number of hydrogen-bond acceptors (Lipinski definition) is 2. The molecule has 0 aliphatic heterocycles. The highest BCUT2D eigenvalue weighted by Gasteiger charge is 2.19. The fraction of sp³-hybridized carbons (Fsp3) is 0.143. The maximum absolute atomic E-state index is 10.7. The molecule has 0 fully saturated rings. The van der Waals surface area contributed by atoms with Crippen LogP contribution in [0.4, 0.5) is 22.8 Å². The van der Waals surface area contributed by atoms with Crippen molar-refractivity contribution in [2.24, 2.45) is 0 Å². The van der Waals surface area contributed by atoms with E-state index < -0.39 is 18.5 Å². The number of carbonyl (C=O) groups is 2. The Bertz CT molecular complexity index is 181. The van der Waals surface area contributed by atoms with Gasteiger partial charge in [0.2, 0.25) is 0 Å². The molecular formula is C7H11F3O6. The largest absolute Gasteiger partial charge is 0.503 e. The highest BCUT2D eigenvalue weighted by Crippen LogP contribution is 2.13. The Morgan fingerprint density at radius 3 is 1.00 bits per heavy atom. The summed E-state index contributed by atoms with van der Waals surface area (Å²) in [6.07, 6.45) is -7.92. The summed E-state index contributed by atoms with van der Waals surface area (Å²) in [5.41, 5.74) is 0. The molecule has 0 aromatic carbocycles. The van der Waals surface area contributed by atoms with Gasteiger partial charge in [0, 0.05) is 6.08 Å². The minimum atomic E-state index is -4.19. The van der Waals surface area contributed by atoms with Gasteiger partial charge in [0.05, 0.1) is 0 Å². The van der Waals surface area contributed by atoms with E-state index in [0.29, 0.717) is 0 Å². The molecule has 4 N–H and O–H groups in total. The molecule has 0 bridgehead atoms. The first-order valence-electron chi connectivity index (χ1n) is 3.07. The van der Waals surface area contributed by atoms with Crippen molar-refractivity contribution in [2.45, 2.75) is 6.18 Å². The van der Waals surface area contributed by atoms with Crippen molar-refractivity contribution in [1.82, 2.24) is 0 Å². The third kappa shape index (κ3) is 2100. The van der Waals surface area contributed by atoms with Crippen molar-refractivity contribution in [3.8, 4) is 0 Å². The summed E-state index contributed by atoms with van der Waals surface area (Å²) in [5, 5.41) is 27.9. The average Bonchev–Trinajstić information content (AvgIpc) is 2.04. The topological polar surface area (TPSA) is 115 Å². The van der Waals surface area contributed by atoms with E-state index in [0.717, 1.165) is 0 Å². The molecule has 0 aliphatic carbocycles. The minimum Gasteiger partial charge on any atom is -0.450 e. The molecular weight excluding hydrogens is 237 g/mol. The predicted molar refractivity (Wildman–Crippen MR) is 48.8 cm³/mol. The van der Waals surface area contributed by atoms with Gasteiger partial charge >= 0.3 is 18.5 Å². The van der Waals surface area contributed by atoms with Gasteiger partial charge < -0.3 is 20.4 Å². The predicted octanol–water partition coefficient (Wildman–Crippen LogP) is 2.98. The van der Waals surface area contributed by atoms with E-state index in [1.165, 1.54) is 0 Å². The molecule has 0 atom stereocenters. The van der Waals surface area contributed by atoms with Crippen molar-refractivity contribution in [1.29, 1.82) is 0 Å². The summed E-state index contributed by atoms with van der Waals surface area (Å²) >= 11 is 0. The van der Waals surface area contributed by atoms with E-state index in [4.69, 9.17) is 30.0 Å². The molecule has 9 heteroatoms. The van der Waals surface area contributed by atoms with Crippen molar-refractivity contribution in [3.63, 3.8) is 0 Å². The van der Waals surface area contributed by atoms with E-state index in [1.54, 1.807) is 0 Å². The Balaban J connectivity index is -0.0000000643. The number of alkyl halides is 3. The molecule has 0 heterocycles. The van der Waals surface area contributed by atoms with Crippen molar-refractivity contribution >= 4 is 12.3 Å². The number of allylic oxidation sites excluding steroid dienone is 1. The van der Waals surface area contributed by atoms with Crippen LogP contribution < -0.4 is 0 Å². The normalized spacial score (nSPS) is 7.44. The second-order valence-corrected chi connectivity index (χ2v) is 1.31. The van der Waals surface area contributed by atoms with Crippen LogP contribution in [-0.4, -0.2) is 38.9 Å². The first-order chi connectivity index (χ1) is 7.02. The molecule has 0 rings (SSSR count). The maximum Gasteiger partial charge on any atom is 0.503 e. The second-order valence-electron chi connectivity index (χ2n) is 1.31. The van der Waals surface area contributed by atoms with Gasteiger partial charge in [-0.2, -0.15) is 13.2 Å². The van der Waals surface area contributed by atoms with Crippen LogP contribution in [-0.2, 0) is 0 Å². The Labute approximate surface area is 88.6 Å². The van der Waals surface area contributed by atoms with Crippen LogP contribution in [0.3, 0.4) is 0 Å². The van der Waals surface area contributed by atoms with Crippen molar-refractivity contribution in [3.05, 3.63) is 25.8 Å². The summed E-state index contributed by atoms with van der Waals surface area (Å²) in [6, 6.07) is 0. The van der Waals surface area contributed by atoms with Crippen molar-refractivity contribution in [2.75, 3.05) is 0 Å². The lowest BCUT2D eigenvalue weighted by atomic mass is 10.6. The van der Waals surface area contributed by atoms with Gasteiger partial charge in [0.15, 0.2) is 0 Å². The Kier molecular flexibility index (Phi) is 22.5. The molecule has 0 unspecified atom stereocenters. The van der Waals surface area contributed by atoms with Gasteiger partial charge in [-0.3, -0.25) is 0 Å². The minimum absolute atomic E-state index is 0.0625. The number of carboxylic acid groups (broad SMARTS) is 4. The zero-order chi connectivity index (χ0) is 14.4. The van der Waals surface area contributed by atoms with E-state index in [-0.39, 0.29) is 6.08 Å². The molecule has 6 nitrogen and oxygen atoms in total. The summed E-state index contributed by atoms with van der Waals surface area (Å²) in [4.78, 5) is 17.1. The maximum atomic E-state index is 10.7. The highest BCUT2D eigenvalue weighted by molar-refractivity contribution is 5.53. The molecule has 0 saturated carbocycles. The summed E-state index contributed by atoms with van der Waals surface area (Å²) < 4.78 is 32.0. The molecule has 0 aromatic rings. The molecule has 0 aliphatic rings. The quantitative estimate of drug-likeness (QED) is 0.490. The number of hydrogen-bond donors (Lipinski definition) is 4. The third-order valence-electron chi connectivity index (χ3n) is 0.231. The van der Waals surface area contributed by atoms with Gasteiger partial charge in [0.1, 0.15) is 0 Å². The highest BCUT2D eigenvalue weighted by atomic mass is 19.4. The summed E-state index contributed by atoms with van der Waals surface area (Å²) in [6.45, 7) is 8.51. The monoisotopic (exact) mass is 248 g/mol. The fourth-order valence-corrected chi connectivity index (χ4v) is 0. The van der Waals surface area contributed by atoms with Crippen LogP contribution in [0.1, 0.15) is 0 Å². The van der Waals surface area contributed by atoms with Gasteiger partial charge in [-0.15, -0.1) is 13.2 Å². The molecule has 0 radical (unpaired) electrons. The number of rotatable bonds is 0. The molecule has 16 heavy (non-hydrogen) atoms. The van der Waals surface area contributed by atoms with Crippen LogP contribution in [0.2, 0.25) is 0 Å². The molecule has 96 valence electrons. The van der Waals surface area contributed by atoms with E-state index in [1.807, 2.05) is 0 Å². The first kappa shape index (κ1) is 23.5. The second kappa shape index (κ2) is 15.3. The molecule has 0 amide bonds. The van der Waals surface area contributed by atoms with E-state index in [9.17, 15) is 13.2 Å². The smallest absolute Gasteiger partial charge is 0.450 e. The van der Waals surface area contributed by atoms with Gasteiger partial charge in [-0.1, -0.05) is 6.58 Å². The standard InChI is InChI=1S/C3H3F3.C2H4.2CH2O3/c1-2-3(4,5)6;1-2;2*2-1(3)4/h2H,1H2;1-2H2;2*(H2,2,3,4). The zero-order valence-corrected chi connectivity index (χ0v) is 7.94. The van der Waals surface area contributed by atoms with Crippen LogP contribution in [0, 0.1) is 0 Å². The summed E-state index contributed by atoms with van der Waals surface area (Å²) in [7, 11) is 0.